The zero-order valence-electron chi connectivity index (χ0n) is 14.8. The predicted octanol–water partition coefficient (Wildman–Crippen LogP) is 1.30. The maximum Gasteiger partial charge on any atom is 0.259 e. The Bertz CT molecular complexity index is 804. The third kappa shape index (κ3) is 2.78. The molecule has 0 saturated carbocycles. The van der Waals surface area contributed by atoms with Gasteiger partial charge in [0.15, 0.2) is 5.78 Å². The van der Waals surface area contributed by atoms with Crippen LogP contribution < -0.4 is 10.1 Å². The summed E-state index contributed by atoms with van der Waals surface area (Å²) in [6, 6.07) is 5.21. The van der Waals surface area contributed by atoms with Crippen molar-refractivity contribution in [2.75, 3.05) is 26.9 Å². The summed E-state index contributed by atoms with van der Waals surface area (Å²) in [4.78, 5) is 37.1. The lowest BCUT2D eigenvalue weighted by Gasteiger charge is -2.40. The summed E-state index contributed by atoms with van der Waals surface area (Å²) in [7, 11) is 1.46. The number of aliphatic hydroxyl groups is 1. The number of rotatable bonds is 4. The van der Waals surface area contributed by atoms with Gasteiger partial charge in [0, 0.05) is 13.2 Å². The van der Waals surface area contributed by atoms with Crippen LogP contribution in [0.3, 0.4) is 0 Å². The van der Waals surface area contributed by atoms with E-state index in [1.165, 1.54) is 14.0 Å². The van der Waals surface area contributed by atoms with Gasteiger partial charge in [0.2, 0.25) is 0 Å². The Morgan fingerprint density at radius 1 is 1.31 bits per heavy atom. The van der Waals surface area contributed by atoms with Gasteiger partial charge >= 0.3 is 0 Å². The first kappa shape index (κ1) is 18.1. The molecule has 1 aromatic rings. The number of Topliss-reactive ketones (excluding diaryl/α,β-unsaturated/α-hetero) is 2. The number of carbonyl (C=O) groups excluding carboxylic acids is 3. The topological polar surface area (TPSA) is 102 Å². The van der Waals surface area contributed by atoms with Crippen molar-refractivity contribution in [3.8, 4) is 5.75 Å². The second kappa shape index (κ2) is 6.92. The average Bonchev–Trinajstić information content (AvgIpc) is 2.65. The molecule has 1 aliphatic carbocycles. The van der Waals surface area contributed by atoms with E-state index in [9.17, 15) is 19.5 Å². The van der Waals surface area contributed by atoms with Crippen molar-refractivity contribution in [2.45, 2.75) is 25.2 Å². The molecule has 26 heavy (non-hydrogen) atoms. The molecule has 0 aromatic heterocycles. The number of hydrogen-bond acceptors (Lipinski definition) is 6. The van der Waals surface area contributed by atoms with Crippen molar-refractivity contribution in [1.29, 1.82) is 0 Å². The van der Waals surface area contributed by atoms with Crippen molar-refractivity contribution in [2.24, 2.45) is 0 Å². The summed E-state index contributed by atoms with van der Waals surface area (Å²) in [6.45, 7) is 1.88. The van der Waals surface area contributed by atoms with Crippen molar-refractivity contribution in [1.82, 2.24) is 5.32 Å². The Labute approximate surface area is 151 Å². The molecule has 1 amide bonds. The Morgan fingerprint density at radius 3 is 2.62 bits per heavy atom. The van der Waals surface area contributed by atoms with Gasteiger partial charge in [-0.15, -0.1) is 0 Å². The number of aliphatic hydroxyl groups excluding tert-OH is 1. The maximum atomic E-state index is 13.3. The number of ether oxygens (including phenoxy) is 2. The number of carbonyl (C=O) groups is 3. The largest absolute Gasteiger partial charge is 0.506 e. The summed E-state index contributed by atoms with van der Waals surface area (Å²) in [5.41, 5.74) is -0.280. The molecule has 0 atom stereocenters. The van der Waals surface area contributed by atoms with E-state index in [0.717, 1.165) is 0 Å². The molecule has 7 heteroatoms. The molecule has 138 valence electrons. The first-order valence-electron chi connectivity index (χ1n) is 8.43. The van der Waals surface area contributed by atoms with Gasteiger partial charge < -0.3 is 19.9 Å². The molecule has 1 saturated heterocycles. The van der Waals surface area contributed by atoms with E-state index >= 15 is 0 Å². The number of nitrogens with one attached hydrogen (secondary N) is 1. The third-order valence-electron chi connectivity index (χ3n) is 4.97. The molecule has 2 N–H and O–H groups in total. The molecule has 1 heterocycles. The number of ketones is 2. The molecule has 2 aliphatic rings. The minimum absolute atomic E-state index is 0.211. The van der Waals surface area contributed by atoms with Crippen LogP contribution in [0.5, 0.6) is 5.75 Å². The molecule has 0 unspecified atom stereocenters. The SMILES string of the molecule is COc1cccc2c1C(O)=C(C(=O)NCC(C)=O)C(=O)C21CCOCC1. The monoisotopic (exact) mass is 359 g/mol. The highest BCUT2D eigenvalue weighted by atomic mass is 16.5. The summed E-state index contributed by atoms with van der Waals surface area (Å²) < 4.78 is 10.8. The van der Waals surface area contributed by atoms with Gasteiger partial charge in [-0.2, -0.15) is 0 Å². The minimum Gasteiger partial charge on any atom is -0.506 e. The molecule has 1 fully saturated rings. The quantitative estimate of drug-likeness (QED) is 0.786. The lowest BCUT2D eigenvalue weighted by molar-refractivity contribution is -0.129. The van der Waals surface area contributed by atoms with Crippen LogP contribution in [0.1, 0.15) is 30.9 Å². The van der Waals surface area contributed by atoms with Crippen molar-refractivity contribution in [3.63, 3.8) is 0 Å². The highest BCUT2D eigenvalue weighted by Gasteiger charge is 2.50. The molecule has 7 nitrogen and oxygen atoms in total. The van der Waals surface area contributed by atoms with Gasteiger partial charge in [0.1, 0.15) is 22.9 Å². The first-order valence-corrected chi connectivity index (χ1v) is 8.43. The fraction of sp³-hybridized carbons (Fsp3) is 0.421. The fourth-order valence-electron chi connectivity index (χ4n) is 3.66. The second-order valence-electron chi connectivity index (χ2n) is 6.51. The van der Waals surface area contributed by atoms with Crippen LogP contribution in [0, 0.1) is 0 Å². The van der Waals surface area contributed by atoms with Crippen LogP contribution in [0.25, 0.3) is 5.76 Å². The van der Waals surface area contributed by atoms with Gasteiger partial charge in [-0.25, -0.2) is 0 Å². The zero-order valence-corrected chi connectivity index (χ0v) is 14.8. The van der Waals surface area contributed by atoms with Crippen molar-refractivity contribution >= 4 is 23.2 Å². The van der Waals surface area contributed by atoms with E-state index in [2.05, 4.69) is 5.32 Å². The van der Waals surface area contributed by atoms with Crippen LogP contribution in [-0.4, -0.2) is 49.4 Å². The number of benzene rings is 1. The van der Waals surface area contributed by atoms with E-state index in [0.29, 0.717) is 42.9 Å². The lowest BCUT2D eigenvalue weighted by Crippen LogP contribution is -2.48. The number of methoxy groups -OCH3 is 1. The Hall–Kier alpha value is -2.67. The minimum atomic E-state index is -0.947. The molecular formula is C19H21NO6. The van der Waals surface area contributed by atoms with Gasteiger partial charge in [-0.05, 0) is 31.4 Å². The summed E-state index contributed by atoms with van der Waals surface area (Å²) >= 11 is 0. The highest BCUT2D eigenvalue weighted by molar-refractivity contribution is 6.29. The molecule has 1 aromatic carbocycles. The molecule has 1 aliphatic heterocycles. The highest BCUT2D eigenvalue weighted by Crippen LogP contribution is 2.48. The maximum absolute atomic E-state index is 13.3. The van der Waals surface area contributed by atoms with Crippen molar-refractivity contribution in [3.05, 3.63) is 34.9 Å². The van der Waals surface area contributed by atoms with Gasteiger partial charge in [-0.3, -0.25) is 14.4 Å². The lowest BCUT2D eigenvalue weighted by atomic mass is 9.64. The van der Waals surface area contributed by atoms with E-state index in [1.54, 1.807) is 18.2 Å². The van der Waals surface area contributed by atoms with E-state index in [4.69, 9.17) is 9.47 Å². The average molecular weight is 359 g/mol. The Balaban J connectivity index is 2.18. The van der Waals surface area contributed by atoms with E-state index < -0.39 is 22.9 Å². The number of fused-ring (bicyclic) bond motifs is 2. The van der Waals surface area contributed by atoms with Crippen molar-refractivity contribution < 1.29 is 29.0 Å². The van der Waals surface area contributed by atoms with E-state index in [-0.39, 0.29) is 17.9 Å². The number of amides is 1. The van der Waals surface area contributed by atoms with Crippen LogP contribution >= 0.6 is 0 Å². The standard InChI is InChI=1S/C19H21NO6/c1-11(21)10-20-18(24)15-16(22)14-12(4-3-5-13(14)25-2)19(17(15)23)6-8-26-9-7-19/h3-5,22H,6-10H2,1-2H3,(H,20,24). The molecule has 3 rings (SSSR count). The van der Waals surface area contributed by atoms with Crippen LogP contribution in [0.2, 0.25) is 0 Å². The normalized spacial score (nSPS) is 18.5. The Morgan fingerprint density at radius 2 is 2.00 bits per heavy atom. The summed E-state index contributed by atoms with van der Waals surface area (Å²) in [6.07, 6.45) is 0.811. The second-order valence-corrected chi connectivity index (χ2v) is 6.51. The number of hydrogen-bond donors (Lipinski definition) is 2. The van der Waals surface area contributed by atoms with Gasteiger partial charge in [0.05, 0.1) is 24.6 Å². The Kier molecular flexibility index (Phi) is 4.82. The van der Waals surface area contributed by atoms with Gasteiger partial charge in [0.25, 0.3) is 5.91 Å². The molecule has 0 radical (unpaired) electrons. The van der Waals surface area contributed by atoms with Crippen LogP contribution in [0.4, 0.5) is 0 Å². The third-order valence-corrected chi connectivity index (χ3v) is 4.97. The first-order chi connectivity index (χ1) is 12.4. The molecule has 0 bridgehead atoms. The van der Waals surface area contributed by atoms with Crippen LogP contribution in [0.15, 0.2) is 23.8 Å². The fourth-order valence-corrected chi connectivity index (χ4v) is 3.66. The van der Waals surface area contributed by atoms with E-state index in [1.807, 2.05) is 0 Å². The smallest absolute Gasteiger partial charge is 0.259 e. The van der Waals surface area contributed by atoms with Crippen LogP contribution in [-0.2, 0) is 24.5 Å². The van der Waals surface area contributed by atoms with Gasteiger partial charge in [-0.1, -0.05) is 12.1 Å². The summed E-state index contributed by atoms with van der Waals surface area (Å²) in [5, 5.41) is 13.2. The predicted molar refractivity (Wildman–Crippen MR) is 93.0 cm³/mol. The summed E-state index contributed by atoms with van der Waals surface area (Å²) in [5.74, 6) is -1.48. The molecular weight excluding hydrogens is 338 g/mol. The molecule has 1 spiro atoms. The zero-order chi connectivity index (χ0) is 18.9.